The molecule has 31 heavy (non-hydrogen) atoms. The fourth-order valence-corrected chi connectivity index (χ4v) is 3.84. The van der Waals surface area contributed by atoms with Crippen LogP contribution < -0.4 is 5.32 Å². The van der Waals surface area contributed by atoms with Crippen molar-refractivity contribution in [1.82, 2.24) is 29.8 Å². The lowest BCUT2D eigenvalue weighted by Gasteiger charge is -2.25. The van der Waals surface area contributed by atoms with Crippen LogP contribution in [0.5, 0.6) is 0 Å². The molecule has 0 unspecified atom stereocenters. The summed E-state index contributed by atoms with van der Waals surface area (Å²) in [7, 11) is 0. The number of nitrogens with zero attached hydrogens (tertiary/aromatic N) is 5. The standard InChI is InChI=1S/C23H34N6O2/c1-3-27(4-2)22(30)19-26-13-8-14-28(16-15-26)23(31)24-12-11-20-17-25-29(18-20)21-9-6-5-7-10-21/h5-7,9-10,17-18H,3-4,8,11-16,19H2,1-2H3,(H,24,31). The van der Waals surface area contributed by atoms with Gasteiger partial charge in [-0.15, -0.1) is 0 Å². The average Bonchev–Trinajstić information content (AvgIpc) is 3.13. The zero-order valence-corrected chi connectivity index (χ0v) is 18.7. The van der Waals surface area contributed by atoms with E-state index in [0.29, 0.717) is 26.2 Å². The molecule has 0 spiro atoms. The molecule has 1 fully saturated rings. The molecular weight excluding hydrogens is 392 g/mol. The third kappa shape index (κ3) is 6.55. The number of benzene rings is 1. The molecule has 3 rings (SSSR count). The molecule has 8 heteroatoms. The molecule has 0 bridgehead atoms. The first-order chi connectivity index (χ1) is 15.1. The van der Waals surface area contributed by atoms with Crippen LogP contribution in [0.15, 0.2) is 42.7 Å². The van der Waals surface area contributed by atoms with Crippen molar-refractivity contribution in [2.75, 3.05) is 52.4 Å². The van der Waals surface area contributed by atoms with Gasteiger partial charge in [-0.2, -0.15) is 5.10 Å². The van der Waals surface area contributed by atoms with Gasteiger partial charge in [0.2, 0.25) is 5.91 Å². The van der Waals surface area contributed by atoms with Gasteiger partial charge in [-0.05, 0) is 44.4 Å². The predicted octanol–water partition coefficient (Wildman–Crippen LogP) is 2.00. The lowest BCUT2D eigenvalue weighted by atomic mass is 10.2. The molecule has 0 atom stereocenters. The molecule has 1 saturated heterocycles. The molecule has 0 aliphatic carbocycles. The smallest absolute Gasteiger partial charge is 0.317 e. The Labute approximate surface area is 184 Å². The van der Waals surface area contributed by atoms with Crippen molar-refractivity contribution in [3.63, 3.8) is 0 Å². The largest absolute Gasteiger partial charge is 0.342 e. The van der Waals surface area contributed by atoms with Gasteiger partial charge < -0.3 is 15.1 Å². The van der Waals surface area contributed by atoms with Crippen molar-refractivity contribution in [3.8, 4) is 5.69 Å². The first kappa shape index (κ1) is 22.8. The zero-order valence-electron chi connectivity index (χ0n) is 18.7. The molecule has 1 aliphatic heterocycles. The highest BCUT2D eigenvalue weighted by Gasteiger charge is 2.21. The van der Waals surface area contributed by atoms with E-state index in [2.05, 4.69) is 15.3 Å². The van der Waals surface area contributed by atoms with E-state index >= 15 is 0 Å². The molecular formula is C23H34N6O2. The van der Waals surface area contributed by atoms with Gasteiger partial charge in [0, 0.05) is 52.0 Å². The lowest BCUT2D eigenvalue weighted by molar-refractivity contribution is -0.132. The minimum atomic E-state index is -0.0348. The SMILES string of the molecule is CCN(CC)C(=O)CN1CCCN(C(=O)NCCc2cnn(-c3ccccc3)c2)CC1. The Morgan fingerprint density at radius 3 is 2.58 bits per heavy atom. The van der Waals surface area contributed by atoms with E-state index in [0.717, 1.165) is 50.3 Å². The monoisotopic (exact) mass is 426 g/mol. The molecule has 0 radical (unpaired) electrons. The van der Waals surface area contributed by atoms with Crippen LogP contribution in [0.1, 0.15) is 25.8 Å². The molecule has 2 heterocycles. The summed E-state index contributed by atoms with van der Waals surface area (Å²) >= 11 is 0. The Balaban J connectivity index is 1.41. The zero-order chi connectivity index (χ0) is 22.1. The van der Waals surface area contributed by atoms with Gasteiger partial charge in [0.1, 0.15) is 0 Å². The van der Waals surface area contributed by atoms with E-state index in [4.69, 9.17) is 0 Å². The van der Waals surface area contributed by atoms with Gasteiger partial charge in [-0.25, -0.2) is 9.48 Å². The first-order valence-corrected chi connectivity index (χ1v) is 11.2. The highest BCUT2D eigenvalue weighted by atomic mass is 16.2. The Kier molecular flexibility index (Phi) is 8.46. The van der Waals surface area contributed by atoms with Crippen LogP contribution in [-0.4, -0.2) is 88.8 Å². The van der Waals surface area contributed by atoms with Gasteiger partial charge in [0.15, 0.2) is 0 Å². The average molecular weight is 427 g/mol. The quantitative estimate of drug-likeness (QED) is 0.701. The number of nitrogens with one attached hydrogen (secondary N) is 1. The van der Waals surface area contributed by atoms with E-state index in [1.54, 1.807) is 0 Å². The maximum atomic E-state index is 12.6. The second-order valence-electron chi connectivity index (χ2n) is 7.79. The van der Waals surface area contributed by atoms with Crippen molar-refractivity contribution in [2.24, 2.45) is 0 Å². The van der Waals surface area contributed by atoms with Crippen LogP contribution in [-0.2, 0) is 11.2 Å². The molecule has 8 nitrogen and oxygen atoms in total. The molecule has 1 aliphatic rings. The van der Waals surface area contributed by atoms with Crippen molar-refractivity contribution < 1.29 is 9.59 Å². The van der Waals surface area contributed by atoms with E-state index < -0.39 is 0 Å². The molecule has 1 N–H and O–H groups in total. The Morgan fingerprint density at radius 2 is 1.84 bits per heavy atom. The number of hydrogen-bond acceptors (Lipinski definition) is 4. The predicted molar refractivity (Wildman–Crippen MR) is 121 cm³/mol. The highest BCUT2D eigenvalue weighted by molar-refractivity contribution is 5.78. The number of para-hydroxylation sites is 1. The summed E-state index contributed by atoms with van der Waals surface area (Å²) in [5, 5.41) is 7.43. The summed E-state index contributed by atoms with van der Waals surface area (Å²) in [4.78, 5) is 30.8. The molecule has 0 saturated carbocycles. The van der Waals surface area contributed by atoms with Crippen LogP contribution in [0.25, 0.3) is 5.69 Å². The fraction of sp³-hybridized carbons (Fsp3) is 0.522. The maximum Gasteiger partial charge on any atom is 0.317 e. The van der Waals surface area contributed by atoms with Crippen LogP contribution in [0.4, 0.5) is 4.79 Å². The third-order valence-corrected chi connectivity index (χ3v) is 5.70. The third-order valence-electron chi connectivity index (χ3n) is 5.70. The number of amides is 3. The molecule has 2 aromatic rings. The van der Waals surface area contributed by atoms with E-state index in [-0.39, 0.29) is 11.9 Å². The van der Waals surface area contributed by atoms with Gasteiger partial charge in [-0.1, -0.05) is 18.2 Å². The van der Waals surface area contributed by atoms with Crippen molar-refractivity contribution in [3.05, 3.63) is 48.3 Å². The number of likely N-dealkylation sites (N-methyl/N-ethyl adjacent to an activating group) is 1. The van der Waals surface area contributed by atoms with Crippen LogP contribution in [0.3, 0.4) is 0 Å². The minimum absolute atomic E-state index is 0.0348. The summed E-state index contributed by atoms with van der Waals surface area (Å²) in [6.45, 7) is 9.41. The van der Waals surface area contributed by atoms with Crippen LogP contribution in [0.2, 0.25) is 0 Å². The summed E-state index contributed by atoms with van der Waals surface area (Å²) in [5.74, 6) is 0.166. The van der Waals surface area contributed by atoms with E-state index in [1.807, 2.05) is 71.1 Å². The number of carbonyl (C=O) groups is 2. The van der Waals surface area contributed by atoms with Crippen molar-refractivity contribution >= 4 is 11.9 Å². The Morgan fingerprint density at radius 1 is 1.06 bits per heavy atom. The number of aromatic nitrogens is 2. The van der Waals surface area contributed by atoms with E-state index in [9.17, 15) is 9.59 Å². The van der Waals surface area contributed by atoms with Crippen molar-refractivity contribution in [1.29, 1.82) is 0 Å². The molecule has 1 aromatic carbocycles. The summed E-state index contributed by atoms with van der Waals surface area (Å²) < 4.78 is 1.85. The van der Waals surface area contributed by atoms with Gasteiger partial charge in [-0.3, -0.25) is 9.69 Å². The summed E-state index contributed by atoms with van der Waals surface area (Å²) in [5.41, 5.74) is 2.10. The maximum absolute atomic E-state index is 12.6. The van der Waals surface area contributed by atoms with Gasteiger partial charge in [0.05, 0.1) is 18.4 Å². The summed E-state index contributed by atoms with van der Waals surface area (Å²) in [6, 6.07) is 9.94. The Hall–Kier alpha value is -2.87. The molecule has 1 aromatic heterocycles. The molecule has 168 valence electrons. The molecule has 3 amide bonds. The van der Waals surface area contributed by atoms with Crippen LogP contribution >= 0.6 is 0 Å². The number of urea groups is 1. The van der Waals surface area contributed by atoms with Crippen LogP contribution in [0, 0.1) is 0 Å². The lowest BCUT2D eigenvalue weighted by Crippen LogP contribution is -2.44. The number of hydrogen-bond donors (Lipinski definition) is 1. The van der Waals surface area contributed by atoms with Crippen molar-refractivity contribution in [2.45, 2.75) is 26.7 Å². The fourth-order valence-electron chi connectivity index (χ4n) is 3.84. The number of carbonyl (C=O) groups excluding carboxylic acids is 2. The van der Waals surface area contributed by atoms with Gasteiger partial charge >= 0.3 is 6.03 Å². The normalized spacial score (nSPS) is 14.8. The Bertz CT molecular complexity index is 834. The second-order valence-corrected chi connectivity index (χ2v) is 7.79. The number of rotatable bonds is 8. The minimum Gasteiger partial charge on any atom is -0.342 e. The summed E-state index contributed by atoms with van der Waals surface area (Å²) in [6.07, 6.45) is 5.45. The van der Waals surface area contributed by atoms with E-state index in [1.165, 1.54) is 0 Å². The highest BCUT2D eigenvalue weighted by Crippen LogP contribution is 2.08. The van der Waals surface area contributed by atoms with Gasteiger partial charge in [0.25, 0.3) is 0 Å². The second kappa shape index (κ2) is 11.5. The topological polar surface area (TPSA) is 73.7 Å². The first-order valence-electron chi connectivity index (χ1n) is 11.2.